The predicted molar refractivity (Wildman–Crippen MR) is 129 cm³/mol. The predicted octanol–water partition coefficient (Wildman–Crippen LogP) is 7.83. The van der Waals surface area contributed by atoms with Crippen molar-refractivity contribution < 1.29 is 31.4 Å². The van der Waals surface area contributed by atoms with Crippen LogP contribution in [0.4, 0.5) is 22.0 Å². The first kappa shape index (κ1) is 25.5. The van der Waals surface area contributed by atoms with Gasteiger partial charge in [0.1, 0.15) is 29.0 Å². The van der Waals surface area contributed by atoms with E-state index in [1.54, 1.807) is 37.3 Å². The summed E-state index contributed by atoms with van der Waals surface area (Å²) in [5, 5.41) is 1.17. The van der Waals surface area contributed by atoms with Gasteiger partial charge in [0.05, 0.1) is 6.61 Å². The number of ether oxygens (including phenoxy) is 2. The highest BCUT2D eigenvalue weighted by molar-refractivity contribution is 5.84. The zero-order chi connectivity index (χ0) is 25.7. The molecule has 0 heterocycles. The lowest BCUT2D eigenvalue weighted by Crippen LogP contribution is -2.02. The van der Waals surface area contributed by atoms with Crippen molar-refractivity contribution in [3.63, 3.8) is 0 Å². The van der Waals surface area contributed by atoms with Crippen LogP contribution in [0.1, 0.15) is 29.2 Å². The molecule has 7 heteroatoms. The van der Waals surface area contributed by atoms with E-state index in [1.807, 2.05) is 12.1 Å². The summed E-state index contributed by atoms with van der Waals surface area (Å²) < 4.78 is 77.9. The van der Waals surface area contributed by atoms with Gasteiger partial charge in [0.2, 0.25) is 0 Å². The van der Waals surface area contributed by atoms with Gasteiger partial charge in [-0.25, -0.2) is 13.2 Å². The van der Waals surface area contributed by atoms with Crippen molar-refractivity contribution in [2.45, 2.75) is 39.2 Å². The highest BCUT2D eigenvalue weighted by atomic mass is 19.3. The van der Waals surface area contributed by atoms with Crippen molar-refractivity contribution in [3.8, 4) is 11.5 Å². The van der Waals surface area contributed by atoms with E-state index in [-0.39, 0.29) is 29.3 Å². The Morgan fingerprint density at radius 1 is 0.694 bits per heavy atom. The van der Waals surface area contributed by atoms with Crippen LogP contribution in [-0.4, -0.2) is 13.2 Å². The van der Waals surface area contributed by atoms with E-state index in [0.717, 1.165) is 11.1 Å². The summed E-state index contributed by atoms with van der Waals surface area (Å²) >= 11 is 0. The molecule has 0 saturated heterocycles. The van der Waals surface area contributed by atoms with Crippen LogP contribution in [0.15, 0.2) is 66.7 Å². The summed E-state index contributed by atoms with van der Waals surface area (Å²) in [4.78, 5) is 0. The third kappa shape index (κ3) is 6.14. The zero-order valence-corrected chi connectivity index (χ0v) is 19.7. The van der Waals surface area contributed by atoms with Crippen LogP contribution in [0.5, 0.6) is 11.5 Å². The van der Waals surface area contributed by atoms with E-state index in [2.05, 4.69) is 4.74 Å². The fourth-order valence-electron chi connectivity index (χ4n) is 4.19. The molecule has 0 unspecified atom stereocenters. The molecule has 36 heavy (non-hydrogen) atoms. The Balaban J connectivity index is 1.43. The molecular formula is C29H25F5O2. The molecule has 0 aliphatic carbocycles. The highest BCUT2D eigenvalue weighted by Gasteiger charge is 2.13. The molecule has 0 bridgehead atoms. The SMILES string of the molecule is CCOc1cc(F)c(CCc2ccc3c(F)c(CCc4ccc(OC(F)F)cc4)ccc3c2)c(F)c1. The Kier molecular flexibility index (Phi) is 8.08. The molecule has 0 radical (unpaired) electrons. The Morgan fingerprint density at radius 3 is 2.03 bits per heavy atom. The molecule has 4 aromatic carbocycles. The van der Waals surface area contributed by atoms with Crippen molar-refractivity contribution in [1.29, 1.82) is 0 Å². The summed E-state index contributed by atoms with van der Waals surface area (Å²) in [6.07, 6.45) is 1.53. The molecule has 4 rings (SSSR count). The summed E-state index contributed by atoms with van der Waals surface area (Å²) in [5.74, 6) is -1.38. The number of alkyl halides is 2. The van der Waals surface area contributed by atoms with Gasteiger partial charge in [-0.2, -0.15) is 8.78 Å². The van der Waals surface area contributed by atoms with Crippen LogP contribution in [0.2, 0.25) is 0 Å². The number of benzene rings is 4. The molecule has 0 atom stereocenters. The third-order valence-corrected chi connectivity index (χ3v) is 6.02. The number of fused-ring (bicyclic) bond motifs is 1. The summed E-state index contributed by atoms with van der Waals surface area (Å²) in [5.41, 5.74) is 2.25. The largest absolute Gasteiger partial charge is 0.494 e. The second kappa shape index (κ2) is 11.4. The average molecular weight is 501 g/mol. The van der Waals surface area contributed by atoms with E-state index in [1.165, 1.54) is 24.3 Å². The van der Waals surface area contributed by atoms with E-state index >= 15 is 4.39 Å². The van der Waals surface area contributed by atoms with Gasteiger partial charge in [0, 0.05) is 23.1 Å². The Hall–Kier alpha value is -3.61. The van der Waals surface area contributed by atoms with Crippen LogP contribution in [0.3, 0.4) is 0 Å². The smallest absolute Gasteiger partial charge is 0.387 e. The van der Waals surface area contributed by atoms with Crippen molar-refractivity contribution in [3.05, 3.63) is 106 Å². The Morgan fingerprint density at radius 2 is 1.36 bits per heavy atom. The van der Waals surface area contributed by atoms with Crippen LogP contribution in [-0.2, 0) is 25.7 Å². The molecule has 0 aromatic heterocycles. The summed E-state index contributed by atoms with van der Waals surface area (Å²) in [6, 6.07) is 17.5. The summed E-state index contributed by atoms with van der Waals surface area (Å²) in [6.45, 7) is -0.818. The van der Waals surface area contributed by atoms with Crippen molar-refractivity contribution >= 4 is 10.8 Å². The molecule has 0 N–H and O–H groups in total. The van der Waals surface area contributed by atoms with E-state index < -0.39 is 18.2 Å². The van der Waals surface area contributed by atoms with Gasteiger partial charge in [-0.1, -0.05) is 42.5 Å². The van der Waals surface area contributed by atoms with Gasteiger partial charge in [-0.3, -0.25) is 0 Å². The minimum Gasteiger partial charge on any atom is -0.494 e. The maximum absolute atomic E-state index is 15.2. The molecule has 0 aliphatic rings. The second-order valence-corrected chi connectivity index (χ2v) is 8.42. The number of hydrogen-bond acceptors (Lipinski definition) is 2. The molecule has 188 valence electrons. The molecule has 4 aromatic rings. The summed E-state index contributed by atoms with van der Waals surface area (Å²) in [7, 11) is 0. The molecule has 2 nitrogen and oxygen atoms in total. The van der Waals surface area contributed by atoms with Gasteiger partial charge >= 0.3 is 6.61 Å². The monoisotopic (exact) mass is 500 g/mol. The van der Waals surface area contributed by atoms with Crippen LogP contribution < -0.4 is 9.47 Å². The number of rotatable bonds is 10. The topological polar surface area (TPSA) is 18.5 Å². The molecule has 0 spiro atoms. The Labute approximate surface area is 206 Å². The van der Waals surface area contributed by atoms with Crippen LogP contribution in [0.25, 0.3) is 10.8 Å². The van der Waals surface area contributed by atoms with E-state index in [9.17, 15) is 17.6 Å². The molecule has 0 saturated carbocycles. The van der Waals surface area contributed by atoms with Crippen molar-refractivity contribution in [2.75, 3.05) is 6.61 Å². The highest BCUT2D eigenvalue weighted by Crippen LogP contribution is 2.26. The fourth-order valence-corrected chi connectivity index (χ4v) is 4.19. The molecule has 0 amide bonds. The Bertz CT molecular complexity index is 1310. The normalized spacial score (nSPS) is 11.3. The van der Waals surface area contributed by atoms with Crippen LogP contribution in [0, 0.1) is 17.5 Å². The lowest BCUT2D eigenvalue weighted by atomic mass is 9.97. The maximum Gasteiger partial charge on any atom is 0.387 e. The van der Waals surface area contributed by atoms with Crippen molar-refractivity contribution in [1.82, 2.24) is 0 Å². The van der Waals surface area contributed by atoms with Crippen LogP contribution >= 0.6 is 0 Å². The van der Waals surface area contributed by atoms with E-state index in [0.29, 0.717) is 42.2 Å². The first-order valence-corrected chi connectivity index (χ1v) is 11.7. The van der Waals surface area contributed by atoms with Gasteiger partial charge < -0.3 is 9.47 Å². The zero-order valence-electron chi connectivity index (χ0n) is 19.7. The quantitative estimate of drug-likeness (QED) is 0.207. The lowest BCUT2D eigenvalue weighted by Gasteiger charge is -2.11. The first-order chi connectivity index (χ1) is 17.3. The third-order valence-electron chi connectivity index (χ3n) is 6.02. The van der Waals surface area contributed by atoms with E-state index in [4.69, 9.17) is 4.74 Å². The van der Waals surface area contributed by atoms with Gasteiger partial charge in [0.15, 0.2) is 0 Å². The fraction of sp³-hybridized carbons (Fsp3) is 0.241. The van der Waals surface area contributed by atoms with Gasteiger partial charge in [-0.05, 0) is 66.8 Å². The first-order valence-electron chi connectivity index (χ1n) is 11.7. The average Bonchev–Trinajstić information content (AvgIpc) is 2.84. The van der Waals surface area contributed by atoms with Crippen molar-refractivity contribution in [2.24, 2.45) is 0 Å². The number of hydrogen-bond donors (Lipinski definition) is 0. The molecule has 0 fully saturated rings. The minimum absolute atomic E-state index is 0.00567. The molecule has 0 aliphatic heterocycles. The number of halogens is 5. The standard InChI is InChI=1S/C29H25F5O2/c1-2-35-23-16-26(30)25(27(31)17-23)14-7-19-6-13-24-21(15-19)10-9-20(28(24)32)8-3-18-4-11-22(12-5-18)36-29(33)34/h4-6,9-13,15-17,29H,2-3,7-8,14H2,1H3. The number of aryl methyl sites for hydroxylation is 3. The minimum atomic E-state index is -2.88. The van der Waals surface area contributed by atoms with Gasteiger partial charge in [-0.15, -0.1) is 0 Å². The van der Waals surface area contributed by atoms with Gasteiger partial charge in [0.25, 0.3) is 0 Å². The maximum atomic E-state index is 15.2. The molecular weight excluding hydrogens is 475 g/mol. The second-order valence-electron chi connectivity index (χ2n) is 8.42. The lowest BCUT2D eigenvalue weighted by molar-refractivity contribution is -0.0498.